The third kappa shape index (κ3) is 3.88. The van der Waals surface area contributed by atoms with Crippen LogP contribution in [-0.4, -0.2) is 37.4 Å². The van der Waals surface area contributed by atoms with E-state index < -0.39 is 5.97 Å². The lowest BCUT2D eigenvalue weighted by Gasteiger charge is -2.19. The Bertz CT molecular complexity index is 1030. The van der Waals surface area contributed by atoms with Crippen LogP contribution in [0.1, 0.15) is 31.9 Å². The third-order valence-electron chi connectivity index (χ3n) is 5.05. The number of aromatic nitrogens is 1. The van der Waals surface area contributed by atoms with E-state index in [9.17, 15) is 9.90 Å². The van der Waals surface area contributed by atoms with Gasteiger partial charge >= 0.3 is 5.97 Å². The Morgan fingerprint density at radius 3 is 2.10 bits per heavy atom. The van der Waals surface area contributed by atoms with Crippen molar-refractivity contribution in [2.75, 3.05) is 21.3 Å². The summed E-state index contributed by atoms with van der Waals surface area (Å²) in [6, 6.07) is 9.79. The second-order valence-electron chi connectivity index (χ2n) is 7.97. The van der Waals surface area contributed by atoms with Crippen LogP contribution >= 0.6 is 0 Å². The largest absolute Gasteiger partial charge is 0.493 e. The highest BCUT2D eigenvalue weighted by Gasteiger charge is 2.22. The zero-order valence-corrected chi connectivity index (χ0v) is 17.7. The molecule has 0 fully saturated rings. The first-order valence-electron chi connectivity index (χ1n) is 9.36. The van der Waals surface area contributed by atoms with Gasteiger partial charge in [0.25, 0.3) is 0 Å². The van der Waals surface area contributed by atoms with Gasteiger partial charge in [-0.25, -0.2) is 0 Å². The van der Waals surface area contributed by atoms with E-state index in [-0.39, 0.29) is 11.8 Å². The molecule has 154 valence electrons. The van der Waals surface area contributed by atoms with Crippen LogP contribution < -0.4 is 14.2 Å². The van der Waals surface area contributed by atoms with E-state index in [0.29, 0.717) is 17.2 Å². The standard InChI is InChI=1S/C23H27NO5/c1-23(2,3)14-7-8-17-15(11-14)16(12-20(25)26)21(24-17)13-9-18(27-4)22(29-6)19(10-13)28-5/h7-11,24H,12H2,1-6H3,(H,25,26). The lowest BCUT2D eigenvalue weighted by Crippen LogP contribution is -2.10. The quantitative estimate of drug-likeness (QED) is 0.625. The Hall–Kier alpha value is -3.15. The van der Waals surface area contributed by atoms with Gasteiger partial charge in [-0.2, -0.15) is 0 Å². The van der Waals surface area contributed by atoms with Gasteiger partial charge < -0.3 is 24.3 Å². The molecule has 0 aliphatic rings. The predicted octanol–water partition coefficient (Wildman–Crippen LogP) is 4.79. The zero-order chi connectivity index (χ0) is 21.3. The number of fused-ring (bicyclic) bond motifs is 1. The van der Waals surface area contributed by atoms with Crippen LogP contribution in [0.5, 0.6) is 17.2 Å². The van der Waals surface area contributed by atoms with Crippen LogP contribution in [0.25, 0.3) is 22.2 Å². The first-order valence-corrected chi connectivity index (χ1v) is 9.36. The van der Waals surface area contributed by atoms with Crippen molar-refractivity contribution in [1.29, 1.82) is 0 Å². The van der Waals surface area contributed by atoms with Crippen LogP contribution in [0, 0.1) is 0 Å². The number of hydrogen-bond donors (Lipinski definition) is 2. The number of ether oxygens (including phenoxy) is 3. The molecule has 0 amide bonds. The minimum Gasteiger partial charge on any atom is -0.493 e. The zero-order valence-electron chi connectivity index (χ0n) is 17.7. The van der Waals surface area contributed by atoms with Crippen LogP contribution in [0.15, 0.2) is 30.3 Å². The van der Waals surface area contributed by atoms with Gasteiger partial charge in [0, 0.05) is 16.5 Å². The minimum atomic E-state index is -0.888. The van der Waals surface area contributed by atoms with Crippen molar-refractivity contribution in [2.24, 2.45) is 0 Å². The summed E-state index contributed by atoms with van der Waals surface area (Å²) in [7, 11) is 4.66. The lowest BCUT2D eigenvalue weighted by atomic mass is 9.86. The fraction of sp³-hybridized carbons (Fsp3) is 0.348. The topological polar surface area (TPSA) is 80.8 Å². The molecule has 3 aromatic rings. The molecule has 3 rings (SSSR count). The smallest absolute Gasteiger partial charge is 0.307 e. The minimum absolute atomic E-state index is 0.0430. The average molecular weight is 397 g/mol. The van der Waals surface area contributed by atoms with Crippen LogP contribution in [-0.2, 0) is 16.6 Å². The first-order chi connectivity index (χ1) is 13.7. The van der Waals surface area contributed by atoms with Gasteiger partial charge in [0.1, 0.15) is 0 Å². The van der Waals surface area contributed by atoms with E-state index in [0.717, 1.165) is 33.3 Å². The number of benzene rings is 2. The number of rotatable bonds is 6. The lowest BCUT2D eigenvalue weighted by molar-refractivity contribution is -0.136. The van der Waals surface area contributed by atoms with Crippen LogP contribution in [0.4, 0.5) is 0 Å². The number of aliphatic carboxylic acids is 1. The molecule has 2 N–H and O–H groups in total. The van der Waals surface area contributed by atoms with Crippen molar-refractivity contribution in [3.8, 4) is 28.5 Å². The molecule has 0 spiro atoms. The van der Waals surface area contributed by atoms with E-state index in [2.05, 4.69) is 37.9 Å². The molecule has 0 bridgehead atoms. The molecule has 6 nitrogen and oxygen atoms in total. The number of H-pyrrole nitrogens is 1. The Kier molecular flexibility index (Phi) is 5.46. The van der Waals surface area contributed by atoms with Crippen molar-refractivity contribution < 1.29 is 24.1 Å². The maximum Gasteiger partial charge on any atom is 0.307 e. The molecular weight excluding hydrogens is 370 g/mol. The van der Waals surface area contributed by atoms with Gasteiger partial charge in [0.15, 0.2) is 11.5 Å². The molecule has 1 heterocycles. The third-order valence-corrected chi connectivity index (χ3v) is 5.05. The molecule has 0 saturated heterocycles. The van der Waals surface area contributed by atoms with Gasteiger partial charge in [-0.3, -0.25) is 4.79 Å². The van der Waals surface area contributed by atoms with Crippen molar-refractivity contribution in [3.63, 3.8) is 0 Å². The monoisotopic (exact) mass is 397 g/mol. The Morgan fingerprint density at radius 2 is 1.62 bits per heavy atom. The van der Waals surface area contributed by atoms with Gasteiger partial charge in [-0.1, -0.05) is 26.8 Å². The average Bonchev–Trinajstić information content (AvgIpc) is 3.03. The fourth-order valence-electron chi connectivity index (χ4n) is 3.52. The van der Waals surface area contributed by atoms with Crippen molar-refractivity contribution in [2.45, 2.75) is 32.6 Å². The van der Waals surface area contributed by atoms with E-state index in [4.69, 9.17) is 14.2 Å². The molecule has 0 saturated carbocycles. The second-order valence-corrected chi connectivity index (χ2v) is 7.97. The highest BCUT2D eigenvalue weighted by molar-refractivity contribution is 5.95. The van der Waals surface area contributed by atoms with Crippen molar-refractivity contribution >= 4 is 16.9 Å². The Labute approximate surface area is 170 Å². The van der Waals surface area contributed by atoms with Crippen molar-refractivity contribution in [3.05, 3.63) is 41.5 Å². The summed E-state index contributed by atoms with van der Waals surface area (Å²) >= 11 is 0. The number of nitrogens with one attached hydrogen (secondary N) is 1. The molecule has 0 aliphatic heterocycles. The highest BCUT2D eigenvalue weighted by atomic mass is 16.5. The molecule has 0 atom stereocenters. The van der Waals surface area contributed by atoms with E-state index in [1.165, 1.54) is 0 Å². The fourth-order valence-corrected chi connectivity index (χ4v) is 3.52. The second kappa shape index (κ2) is 7.70. The van der Waals surface area contributed by atoms with Gasteiger partial charge in [0.05, 0.1) is 33.4 Å². The molecule has 29 heavy (non-hydrogen) atoms. The Balaban J connectivity index is 2.30. The van der Waals surface area contributed by atoms with E-state index in [1.807, 2.05) is 18.2 Å². The SMILES string of the molecule is COc1cc(-c2[nH]c3ccc(C(C)(C)C)cc3c2CC(=O)O)cc(OC)c1OC. The summed E-state index contributed by atoms with van der Waals surface area (Å²) in [6.07, 6.45) is -0.0976. The summed E-state index contributed by atoms with van der Waals surface area (Å²) in [5.74, 6) is 0.625. The van der Waals surface area contributed by atoms with Crippen LogP contribution in [0.2, 0.25) is 0 Å². The summed E-state index contributed by atoms with van der Waals surface area (Å²) in [6.45, 7) is 6.41. The number of hydrogen-bond acceptors (Lipinski definition) is 4. The van der Waals surface area contributed by atoms with Crippen LogP contribution in [0.3, 0.4) is 0 Å². The van der Waals surface area contributed by atoms with E-state index >= 15 is 0 Å². The maximum atomic E-state index is 11.6. The summed E-state index contributed by atoms with van der Waals surface area (Å²) in [5.41, 5.74) is 4.22. The number of carbonyl (C=O) groups is 1. The molecule has 6 heteroatoms. The number of carboxylic acids is 1. The molecular formula is C23H27NO5. The van der Waals surface area contributed by atoms with Gasteiger partial charge in [-0.15, -0.1) is 0 Å². The summed E-state index contributed by atoms with van der Waals surface area (Å²) < 4.78 is 16.3. The summed E-state index contributed by atoms with van der Waals surface area (Å²) in [4.78, 5) is 15.0. The number of aromatic amines is 1. The first kappa shape index (κ1) is 20.6. The van der Waals surface area contributed by atoms with E-state index in [1.54, 1.807) is 21.3 Å². The highest BCUT2D eigenvalue weighted by Crippen LogP contribution is 2.43. The molecule has 0 unspecified atom stereocenters. The number of carboxylic acid groups (broad SMARTS) is 1. The normalized spacial score (nSPS) is 11.5. The van der Waals surface area contributed by atoms with Gasteiger partial charge in [-0.05, 0) is 40.8 Å². The maximum absolute atomic E-state index is 11.6. The summed E-state index contributed by atoms with van der Waals surface area (Å²) in [5, 5.41) is 10.5. The van der Waals surface area contributed by atoms with Gasteiger partial charge in [0.2, 0.25) is 5.75 Å². The predicted molar refractivity (Wildman–Crippen MR) is 113 cm³/mol. The Morgan fingerprint density at radius 1 is 1.00 bits per heavy atom. The molecule has 0 radical (unpaired) electrons. The molecule has 2 aromatic carbocycles. The molecule has 1 aromatic heterocycles. The number of methoxy groups -OCH3 is 3. The molecule has 0 aliphatic carbocycles. The van der Waals surface area contributed by atoms with Crippen molar-refractivity contribution in [1.82, 2.24) is 4.98 Å².